The van der Waals surface area contributed by atoms with Crippen LogP contribution in [0.15, 0.2) is 17.0 Å². The minimum Gasteiger partial charge on any atom is -0.480 e. The van der Waals surface area contributed by atoms with Crippen molar-refractivity contribution in [3.63, 3.8) is 0 Å². The van der Waals surface area contributed by atoms with Crippen molar-refractivity contribution in [3.8, 4) is 0 Å². The number of halogens is 3. The molecule has 1 aromatic rings. The Balaban J connectivity index is 3.25. The minimum atomic E-state index is -4.63. The molecule has 0 amide bonds. The standard InChI is InChI=1S/C11H12F3NO4S/c1-5(2)10(11(16)17)15-20(18,19)7-4-3-6(12)8(13)9(7)14/h3-5,10,15H,1-2H3,(H,16,17). The minimum absolute atomic E-state index is 0.443. The highest BCUT2D eigenvalue weighted by molar-refractivity contribution is 7.89. The van der Waals surface area contributed by atoms with E-state index in [1.807, 2.05) is 0 Å². The number of carbonyl (C=O) groups is 1. The third-order valence-electron chi connectivity index (χ3n) is 2.50. The topological polar surface area (TPSA) is 83.5 Å². The SMILES string of the molecule is CC(C)C(NS(=O)(=O)c1ccc(F)c(F)c1F)C(=O)O. The summed E-state index contributed by atoms with van der Waals surface area (Å²) < 4.78 is 64.6. The number of hydrogen-bond donors (Lipinski definition) is 2. The van der Waals surface area contributed by atoms with Gasteiger partial charge in [0.25, 0.3) is 0 Å². The van der Waals surface area contributed by atoms with Crippen LogP contribution >= 0.6 is 0 Å². The van der Waals surface area contributed by atoms with Crippen LogP contribution in [0.3, 0.4) is 0 Å². The Labute approximate surface area is 113 Å². The molecule has 1 aromatic carbocycles. The number of sulfonamides is 1. The molecular formula is C11H12F3NO4S. The summed E-state index contributed by atoms with van der Waals surface area (Å²) in [5.74, 6) is -7.48. The molecule has 2 N–H and O–H groups in total. The first-order valence-electron chi connectivity index (χ1n) is 5.46. The van der Waals surface area contributed by atoms with E-state index in [0.717, 1.165) is 0 Å². The van der Waals surface area contributed by atoms with Crippen molar-refractivity contribution >= 4 is 16.0 Å². The van der Waals surface area contributed by atoms with E-state index in [9.17, 15) is 26.4 Å². The van der Waals surface area contributed by atoms with Crippen LogP contribution in [0.1, 0.15) is 13.8 Å². The smallest absolute Gasteiger partial charge is 0.322 e. The molecule has 20 heavy (non-hydrogen) atoms. The zero-order chi connectivity index (χ0) is 15.7. The normalized spacial score (nSPS) is 13.5. The number of benzene rings is 1. The summed E-state index contributed by atoms with van der Waals surface area (Å²) in [6.07, 6.45) is 0. The Morgan fingerprint density at radius 2 is 1.75 bits per heavy atom. The van der Waals surface area contributed by atoms with Crippen LogP contribution in [0.4, 0.5) is 13.2 Å². The lowest BCUT2D eigenvalue weighted by molar-refractivity contribution is -0.140. The molecule has 0 aliphatic carbocycles. The molecule has 0 saturated heterocycles. The van der Waals surface area contributed by atoms with Crippen molar-refractivity contribution in [1.29, 1.82) is 0 Å². The third kappa shape index (κ3) is 3.28. The Morgan fingerprint density at radius 3 is 2.20 bits per heavy atom. The maximum Gasteiger partial charge on any atom is 0.322 e. The second-order valence-corrected chi connectivity index (χ2v) is 6.04. The van der Waals surface area contributed by atoms with Crippen LogP contribution in [0.2, 0.25) is 0 Å². The molecule has 0 aromatic heterocycles. The van der Waals surface area contributed by atoms with Crippen molar-refractivity contribution in [1.82, 2.24) is 4.72 Å². The molecule has 1 atom stereocenters. The summed E-state index contributed by atoms with van der Waals surface area (Å²) in [4.78, 5) is 9.75. The van der Waals surface area contributed by atoms with Gasteiger partial charge >= 0.3 is 5.97 Å². The van der Waals surface area contributed by atoms with E-state index >= 15 is 0 Å². The number of carboxylic acid groups (broad SMARTS) is 1. The van der Waals surface area contributed by atoms with E-state index in [2.05, 4.69) is 0 Å². The van der Waals surface area contributed by atoms with E-state index < -0.39 is 50.3 Å². The number of nitrogens with one attached hydrogen (secondary N) is 1. The molecule has 5 nitrogen and oxygen atoms in total. The zero-order valence-electron chi connectivity index (χ0n) is 10.5. The van der Waals surface area contributed by atoms with E-state index in [1.54, 1.807) is 4.72 Å². The van der Waals surface area contributed by atoms with Gasteiger partial charge in [-0.05, 0) is 18.1 Å². The largest absolute Gasteiger partial charge is 0.480 e. The molecule has 0 aliphatic rings. The van der Waals surface area contributed by atoms with Crippen LogP contribution in [-0.4, -0.2) is 25.5 Å². The van der Waals surface area contributed by atoms with Crippen LogP contribution in [0.25, 0.3) is 0 Å². The molecule has 0 aliphatic heterocycles. The molecule has 0 radical (unpaired) electrons. The van der Waals surface area contributed by atoms with E-state index in [-0.39, 0.29) is 0 Å². The van der Waals surface area contributed by atoms with Crippen LogP contribution in [0, 0.1) is 23.4 Å². The maximum atomic E-state index is 13.4. The van der Waals surface area contributed by atoms with Crippen LogP contribution in [0.5, 0.6) is 0 Å². The second kappa shape index (κ2) is 5.80. The van der Waals surface area contributed by atoms with Gasteiger partial charge in [-0.25, -0.2) is 21.6 Å². The van der Waals surface area contributed by atoms with Crippen molar-refractivity contribution < 1.29 is 31.5 Å². The fourth-order valence-electron chi connectivity index (χ4n) is 1.42. The summed E-state index contributed by atoms with van der Waals surface area (Å²) >= 11 is 0. The fraction of sp³-hybridized carbons (Fsp3) is 0.364. The highest BCUT2D eigenvalue weighted by atomic mass is 32.2. The van der Waals surface area contributed by atoms with Crippen molar-refractivity contribution in [2.75, 3.05) is 0 Å². The van der Waals surface area contributed by atoms with Gasteiger partial charge in [0.1, 0.15) is 10.9 Å². The van der Waals surface area contributed by atoms with Gasteiger partial charge in [-0.2, -0.15) is 4.72 Å². The van der Waals surface area contributed by atoms with E-state index in [1.165, 1.54) is 13.8 Å². The quantitative estimate of drug-likeness (QED) is 0.807. The van der Waals surface area contributed by atoms with Crippen molar-refractivity contribution in [2.45, 2.75) is 24.8 Å². The Hall–Kier alpha value is -1.61. The average molecular weight is 311 g/mol. The van der Waals surface area contributed by atoms with Gasteiger partial charge in [-0.1, -0.05) is 13.8 Å². The molecule has 112 valence electrons. The summed E-state index contributed by atoms with van der Waals surface area (Å²) in [5, 5.41) is 8.87. The summed E-state index contributed by atoms with van der Waals surface area (Å²) in [6, 6.07) is -0.555. The lowest BCUT2D eigenvalue weighted by Crippen LogP contribution is -2.44. The Morgan fingerprint density at radius 1 is 1.20 bits per heavy atom. The number of carboxylic acids is 1. The summed E-state index contributed by atoms with van der Waals surface area (Å²) in [6.45, 7) is 2.87. The van der Waals surface area contributed by atoms with Gasteiger partial charge in [0.05, 0.1) is 0 Å². The van der Waals surface area contributed by atoms with Gasteiger partial charge < -0.3 is 5.11 Å². The van der Waals surface area contributed by atoms with Gasteiger partial charge in [-0.3, -0.25) is 4.79 Å². The first-order chi connectivity index (χ1) is 9.08. The molecule has 0 spiro atoms. The number of rotatable bonds is 5. The predicted octanol–water partition coefficient (Wildman–Crippen LogP) is 1.49. The van der Waals surface area contributed by atoms with Gasteiger partial charge in [0, 0.05) is 0 Å². The molecule has 9 heteroatoms. The molecule has 0 fully saturated rings. The fourth-order valence-corrected chi connectivity index (χ4v) is 2.82. The van der Waals surface area contributed by atoms with Gasteiger partial charge in [-0.15, -0.1) is 0 Å². The van der Waals surface area contributed by atoms with Crippen LogP contribution in [-0.2, 0) is 14.8 Å². The van der Waals surface area contributed by atoms with Crippen LogP contribution < -0.4 is 4.72 Å². The maximum absolute atomic E-state index is 13.4. The summed E-state index contributed by atoms with van der Waals surface area (Å²) in [7, 11) is -4.63. The molecule has 1 unspecified atom stereocenters. The summed E-state index contributed by atoms with van der Waals surface area (Å²) in [5.41, 5.74) is 0. The lowest BCUT2D eigenvalue weighted by atomic mass is 10.1. The monoisotopic (exact) mass is 311 g/mol. The molecule has 1 rings (SSSR count). The average Bonchev–Trinajstić information content (AvgIpc) is 2.32. The lowest BCUT2D eigenvalue weighted by Gasteiger charge is -2.18. The number of aliphatic carboxylic acids is 1. The number of hydrogen-bond acceptors (Lipinski definition) is 3. The van der Waals surface area contributed by atoms with E-state index in [0.29, 0.717) is 12.1 Å². The first-order valence-corrected chi connectivity index (χ1v) is 6.95. The Kier molecular flexibility index (Phi) is 4.77. The Bertz CT molecular complexity index is 631. The van der Waals surface area contributed by atoms with E-state index in [4.69, 9.17) is 5.11 Å². The zero-order valence-corrected chi connectivity index (χ0v) is 11.3. The molecular weight excluding hydrogens is 299 g/mol. The predicted molar refractivity (Wildman–Crippen MR) is 62.9 cm³/mol. The van der Waals surface area contributed by atoms with Gasteiger partial charge in [0.2, 0.25) is 10.0 Å². The third-order valence-corrected chi connectivity index (χ3v) is 3.96. The second-order valence-electron chi connectivity index (χ2n) is 4.35. The van der Waals surface area contributed by atoms with Gasteiger partial charge in [0.15, 0.2) is 17.5 Å². The molecule has 0 heterocycles. The highest BCUT2D eigenvalue weighted by Gasteiger charge is 2.31. The molecule has 0 bridgehead atoms. The first kappa shape index (κ1) is 16.4. The van der Waals surface area contributed by atoms with Crippen molar-refractivity contribution in [2.24, 2.45) is 5.92 Å². The highest BCUT2D eigenvalue weighted by Crippen LogP contribution is 2.20. The van der Waals surface area contributed by atoms with Crippen molar-refractivity contribution in [3.05, 3.63) is 29.6 Å². The molecule has 0 saturated carbocycles.